The summed E-state index contributed by atoms with van der Waals surface area (Å²) in [6.45, 7) is 9.77. The molecule has 20 nitrogen and oxygen atoms in total. The van der Waals surface area contributed by atoms with E-state index in [1.165, 1.54) is 12.1 Å². The second kappa shape index (κ2) is 28.4. The van der Waals surface area contributed by atoms with Gasteiger partial charge in [0.25, 0.3) is 16.7 Å². The molecule has 9 heterocycles. The van der Waals surface area contributed by atoms with E-state index in [4.69, 9.17) is 17.3 Å². The van der Waals surface area contributed by atoms with Crippen LogP contribution in [-0.2, 0) is 6.42 Å². The molecule has 0 saturated carbocycles. The number of aryl methyl sites for hydroxylation is 2. The lowest BCUT2D eigenvalue weighted by Gasteiger charge is -2.23. The summed E-state index contributed by atoms with van der Waals surface area (Å²) in [6, 6.07) is 59.2. The van der Waals surface area contributed by atoms with Gasteiger partial charge in [0.05, 0.1) is 55.5 Å². The Morgan fingerprint density at radius 1 is 0.490 bits per heavy atom. The molecule has 0 bridgehead atoms. The molecule has 15 aromatic rings. The van der Waals surface area contributed by atoms with E-state index in [2.05, 4.69) is 72.9 Å². The van der Waals surface area contributed by atoms with E-state index in [9.17, 15) is 18.8 Å². The van der Waals surface area contributed by atoms with E-state index in [1.54, 1.807) is 56.6 Å². The Morgan fingerprint density at radius 2 is 0.940 bits per heavy atom. The second-order valence-corrected chi connectivity index (χ2v) is 24.8. The van der Waals surface area contributed by atoms with Crippen molar-refractivity contribution in [2.45, 2.75) is 59.0 Å². The van der Waals surface area contributed by atoms with Crippen molar-refractivity contribution in [2.75, 3.05) is 47.7 Å². The lowest BCUT2D eigenvalue weighted by Crippen LogP contribution is -2.27. The number of halogens is 2. The molecule has 0 spiro atoms. The number of rotatable bonds is 14. The van der Waals surface area contributed by atoms with E-state index >= 15 is 0 Å². The number of benzene rings is 6. The van der Waals surface area contributed by atoms with Crippen LogP contribution in [0.4, 0.5) is 33.3 Å². The van der Waals surface area contributed by atoms with Gasteiger partial charge in [-0.25, -0.2) is 34.3 Å². The van der Waals surface area contributed by atoms with Crippen LogP contribution in [0.15, 0.2) is 227 Å². The molecule has 498 valence electrons. The highest BCUT2D eigenvalue weighted by Gasteiger charge is 2.24. The lowest BCUT2D eigenvalue weighted by atomic mass is 9.97. The highest BCUT2D eigenvalue weighted by atomic mass is 35.5. The van der Waals surface area contributed by atoms with Gasteiger partial charge in [0.1, 0.15) is 34.0 Å². The number of nitrogens with zero attached hydrogens (tertiary/aromatic N) is 13. The largest absolute Gasteiger partial charge is 0.387 e. The lowest BCUT2D eigenvalue weighted by molar-refractivity contribution is 0.626. The molecule has 0 fully saturated rings. The zero-order valence-electron chi connectivity index (χ0n) is 56.0. The summed E-state index contributed by atoms with van der Waals surface area (Å²) >= 11 is 6.38. The summed E-state index contributed by atoms with van der Waals surface area (Å²) in [5.74, 6) is 2.22. The first-order chi connectivity index (χ1) is 48.4. The Balaban J connectivity index is 0.000000134. The van der Waals surface area contributed by atoms with Gasteiger partial charge in [0.2, 0.25) is 5.95 Å². The highest BCUT2D eigenvalue weighted by Crippen LogP contribution is 2.34. The summed E-state index contributed by atoms with van der Waals surface area (Å²) in [6.07, 6.45) is 5.61. The van der Waals surface area contributed by atoms with Crippen LogP contribution < -0.4 is 43.3 Å². The second-order valence-electron chi connectivity index (χ2n) is 24.4. The van der Waals surface area contributed by atoms with Crippen molar-refractivity contribution in [1.82, 2.24) is 58.6 Å². The Bertz CT molecular complexity index is 5690. The average Bonchev–Trinajstić information content (AvgIpc) is 0.758. The highest BCUT2D eigenvalue weighted by molar-refractivity contribution is 6.35. The average molecular weight is 1350 g/mol. The van der Waals surface area contributed by atoms with Crippen molar-refractivity contribution < 1.29 is 4.39 Å². The van der Waals surface area contributed by atoms with Gasteiger partial charge in [-0.2, -0.15) is 0 Å². The van der Waals surface area contributed by atoms with E-state index in [-0.39, 0.29) is 46.4 Å². The zero-order chi connectivity index (χ0) is 69.9. The first-order valence-electron chi connectivity index (χ1n) is 32.4. The number of pyridine rings is 6. The van der Waals surface area contributed by atoms with Crippen LogP contribution in [0.25, 0.3) is 82.5 Å². The first-order valence-corrected chi connectivity index (χ1v) is 32.8. The van der Waals surface area contributed by atoms with Gasteiger partial charge >= 0.3 is 0 Å². The summed E-state index contributed by atoms with van der Waals surface area (Å²) in [7, 11) is 5.73. The molecule has 3 atom stereocenters. The molecule has 0 saturated heterocycles. The van der Waals surface area contributed by atoms with Crippen LogP contribution in [0.2, 0.25) is 5.02 Å². The van der Waals surface area contributed by atoms with Crippen LogP contribution in [0.5, 0.6) is 0 Å². The fraction of sp³-hybridized carbons (Fsp3) is 0.154. The molecule has 15 rings (SSSR count). The topological polar surface area (TPSA) is 247 Å². The Labute approximate surface area is 578 Å². The van der Waals surface area contributed by atoms with Gasteiger partial charge in [-0.15, -0.1) is 0 Å². The Hall–Kier alpha value is -12.4. The number of nitrogen functional groups attached to an aromatic ring is 1. The maximum absolute atomic E-state index is 14.0. The smallest absolute Gasteiger partial charge is 0.265 e. The Morgan fingerprint density at radius 3 is 1.48 bits per heavy atom. The predicted octanol–water partition coefficient (Wildman–Crippen LogP) is 14.8. The summed E-state index contributed by atoms with van der Waals surface area (Å²) < 4.78 is 18.7. The van der Waals surface area contributed by atoms with Crippen LogP contribution in [0.1, 0.15) is 73.2 Å². The monoisotopic (exact) mass is 1350 g/mol. The molecule has 0 radical (unpaired) electrons. The molecule has 22 heteroatoms. The predicted molar refractivity (Wildman–Crippen MR) is 400 cm³/mol. The van der Waals surface area contributed by atoms with Crippen LogP contribution in [0, 0.1) is 19.7 Å². The van der Waals surface area contributed by atoms with Crippen LogP contribution >= 0.6 is 11.6 Å². The molecule has 6 aromatic carbocycles. The van der Waals surface area contributed by atoms with Crippen molar-refractivity contribution in [1.29, 1.82) is 0 Å². The molecule has 0 unspecified atom stereocenters. The number of nitrogens with two attached hydrogens (primary N) is 1. The number of nitrogens with one attached hydrogen (secondary N) is 3. The number of anilines is 5. The standard InChI is InChI=1S/C27H26N6O.C26H24N6O.C25H19ClFN5O/c1-17(29-26-25-21(13-9-15-28-25)30-18(2)31-26)23-16-19-10-8-14-22(32(3)4)24(19)27(34)33(23)20-11-6-5-7-12-20;1-16(29-25-24-21(13-8-14-28-24)30-17(2)31-25)22-15-18-9-7-12-20(27-3)23(18)26(33)32(22)19-10-5-4-6-11-19;1-14(12-20-23-19(6-3-11-29-23)30-25(28)31-20)21-13-15-4-2-5-18(26)22(15)24(33)32(21)17-9-7-16(27)8-10-17/h5-17H,1-4H3,(H,29,30,31);4-16,27H,1-3H3,(H,29,30,31);2-11,13-14H,12H2,1H3,(H2,28,30,31)/t17-;16-;14-/m001/s1. The van der Waals surface area contributed by atoms with Crippen molar-refractivity contribution in [2.24, 2.45) is 0 Å². The summed E-state index contributed by atoms with van der Waals surface area (Å²) in [5.41, 5.74) is 16.8. The number of para-hydroxylation sites is 2. The minimum atomic E-state index is -0.380. The fourth-order valence-corrected chi connectivity index (χ4v) is 13.0. The summed E-state index contributed by atoms with van der Waals surface area (Å²) in [5, 5.41) is 14.8. The van der Waals surface area contributed by atoms with Gasteiger partial charge < -0.3 is 26.6 Å². The molecular weight excluding hydrogens is 1280 g/mol. The number of aromatic nitrogens is 12. The maximum atomic E-state index is 14.0. The molecule has 5 N–H and O–H groups in total. The van der Waals surface area contributed by atoms with E-state index in [0.717, 1.165) is 67.0 Å². The van der Waals surface area contributed by atoms with Crippen molar-refractivity contribution in [3.8, 4) is 17.1 Å². The third-order valence-electron chi connectivity index (χ3n) is 17.3. The molecule has 100 heavy (non-hydrogen) atoms. The van der Waals surface area contributed by atoms with Gasteiger partial charge in [-0.05, 0) is 165 Å². The third kappa shape index (κ3) is 13.3. The Kier molecular flexibility index (Phi) is 18.8. The van der Waals surface area contributed by atoms with E-state index in [0.29, 0.717) is 84.3 Å². The van der Waals surface area contributed by atoms with Crippen LogP contribution in [0.3, 0.4) is 0 Å². The zero-order valence-corrected chi connectivity index (χ0v) is 56.8. The first kappa shape index (κ1) is 66.3. The van der Waals surface area contributed by atoms with Gasteiger partial charge in [0.15, 0.2) is 11.6 Å². The van der Waals surface area contributed by atoms with Gasteiger partial charge in [0, 0.05) is 97.6 Å². The third-order valence-corrected chi connectivity index (χ3v) is 17.6. The molecule has 0 aliphatic carbocycles. The van der Waals surface area contributed by atoms with Crippen molar-refractivity contribution in [3.05, 3.63) is 289 Å². The van der Waals surface area contributed by atoms with Crippen LogP contribution in [-0.4, -0.2) is 79.7 Å². The quantitative estimate of drug-likeness (QED) is 0.0790. The van der Waals surface area contributed by atoms with Gasteiger partial charge in [-0.1, -0.05) is 91.3 Å². The molecule has 0 aliphatic rings. The SMILES string of the molecule is CNc1cccc2cc([C@H](C)Nc3nc(C)nc4cccnc34)n(-c3ccccc3)c(=O)c12.C[C@H](Cc1nc(N)nc2cccnc12)c1cc2cccc(Cl)c2c(=O)n1-c1ccc(F)cc1.Cc1nc(N[C@@H](C)c2cc3cccc(N(C)C)c3c(=O)n2-c2ccccc2)c2ncccc2n1. The minimum absolute atomic E-state index is 0.0569. The molecule has 0 aliphatic heterocycles. The van der Waals surface area contributed by atoms with Crippen molar-refractivity contribution >= 4 is 106 Å². The van der Waals surface area contributed by atoms with Gasteiger partial charge in [-0.3, -0.25) is 43.0 Å². The summed E-state index contributed by atoms with van der Waals surface area (Å²) in [4.78, 5) is 83.6. The number of fused-ring (bicyclic) bond motifs is 6. The van der Waals surface area contributed by atoms with E-state index in [1.807, 2.05) is 206 Å². The van der Waals surface area contributed by atoms with Crippen molar-refractivity contribution in [3.63, 3.8) is 0 Å². The molecule has 0 amide bonds. The molecule has 9 aromatic heterocycles. The number of hydrogen-bond acceptors (Lipinski definition) is 17. The number of hydrogen-bond donors (Lipinski definition) is 4. The normalized spacial score (nSPS) is 12.2. The molecular formula is C78H69ClFN17O3. The fourth-order valence-electron chi connectivity index (χ4n) is 12.7. The minimum Gasteiger partial charge on any atom is -0.387 e. The van der Waals surface area contributed by atoms with E-state index < -0.39 is 0 Å². The maximum Gasteiger partial charge on any atom is 0.265 e.